The van der Waals surface area contributed by atoms with Crippen LogP contribution in [0.25, 0.3) is 5.65 Å². The van der Waals surface area contributed by atoms with E-state index in [4.69, 9.17) is 15.2 Å². The van der Waals surface area contributed by atoms with Crippen LogP contribution in [0.5, 0.6) is 11.6 Å². The number of nitrogens with zero attached hydrogens (tertiary/aromatic N) is 4. The Kier molecular flexibility index (Phi) is 6.77. The van der Waals surface area contributed by atoms with E-state index in [-0.39, 0.29) is 29.8 Å². The van der Waals surface area contributed by atoms with Crippen molar-refractivity contribution in [3.05, 3.63) is 41.5 Å². The summed E-state index contributed by atoms with van der Waals surface area (Å²) in [6.07, 6.45) is 4.31. The van der Waals surface area contributed by atoms with Crippen LogP contribution in [-0.4, -0.2) is 33.2 Å². The molecule has 34 heavy (non-hydrogen) atoms. The second-order valence-electron chi connectivity index (χ2n) is 10.2. The number of aromatic nitrogens is 4. The molecule has 2 N–H and O–H groups in total. The summed E-state index contributed by atoms with van der Waals surface area (Å²) < 4.78 is 15.1. The molecule has 0 radical (unpaired) electrons. The quantitative estimate of drug-likeness (QED) is 0.356. The Morgan fingerprint density at radius 3 is 2.59 bits per heavy atom. The van der Waals surface area contributed by atoms with Crippen molar-refractivity contribution in [1.29, 1.82) is 0 Å². The number of ketones is 1. The largest absolute Gasteiger partial charge is 0.493 e. The number of fused-ring (bicyclic) bond motifs is 1. The van der Waals surface area contributed by atoms with Crippen molar-refractivity contribution in [2.24, 2.45) is 5.92 Å². The number of hydrogen-bond acceptors (Lipinski definition) is 6. The maximum Gasteiger partial charge on any atom is 0.355 e. The molecule has 182 valence electrons. The van der Waals surface area contributed by atoms with Gasteiger partial charge in [-0.05, 0) is 71.0 Å². The molecule has 1 saturated carbocycles. The van der Waals surface area contributed by atoms with Crippen LogP contribution in [0.4, 0.5) is 5.95 Å². The van der Waals surface area contributed by atoms with Crippen molar-refractivity contribution in [2.45, 2.75) is 78.4 Å². The number of benzene rings is 1. The Morgan fingerprint density at radius 1 is 1.21 bits per heavy atom. The fraction of sp³-hybridized carbons (Fsp3) is 0.538. The van der Waals surface area contributed by atoms with E-state index in [2.05, 4.69) is 44.8 Å². The van der Waals surface area contributed by atoms with Gasteiger partial charge in [-0.2, -0.15) is 0 Å². The molecule has 0 amide bonds. The number of carbonyl (C=O) groups excluding carboxylic acids is 1. The van der Waals surface area contributed by atoms with Crippen LogP contribution in [0.15, 0.2) is 30.3 Å². The third kappa shape index (κ3) is 5.48. The molecular weight excluding hydrogens is 430 g/mol. The molecule has 0 atom stereocenters. The molecule has 1 fully saturated rings. The van der Waals surface area contributed by atoms with E-state index in [1.165, 1.54) is 17.4 Å². The minimum absolute atomic E-state index is 0.0464. The number of Topliss-reactive ketones (excluding diaryl/α,β-unsaturated/α-hetero) is 1. The van der Waals surface area contributed by atoms with Crippen molar-refractivity contribution >= 4 is 17.4 Å². The first kappa shape index (κ1) is 24.0. The third-order valence-corrected chi connectivity index (χ3v) is 6.26. The van der Waals surface area contributed by atoms with E-state index in [0.29, 0.717) is 29.6 Å². The van der Waals surface area contributed by atoms with Crippen LogP contribution in [0.2, 0.25) is 0 Å². The van der Waals surface area contributed by atoms with Crippen molar-refractivity contribution < 1.29 is 19.0 Å². The predicted molar refractivity (Wildman–Crippen MR) is 130 cm³/mol. The highest BCUT2D eigenvalue weighted by molar-refractivity contribution is 5.95. The van der Waals surface area contributed by atoms with Gasteiger partial charge in [0.05, 0.1) is 6.61 Å². The first-order valence-electron chi connectivity index (χ1n) is 12.2. The summed E-state index contributed by atoms with van der Waals surface area (Å²) in [7, 11) is 0. The number of ether oxygens (including phenoxy) is 2. The van der Waals surface area contributed by atoms with Crippen molar-refractivity contribution in [3.63, 3.8) is 0 Å². The summed E-state index contributed by atoms with van der Waals surface area (Å²) in [4.78, 5) is 13.3. The Balaban J connectivity index is 1.59. The minimum atomic E-state index is -0.109. The van der Waals surface area contributed by atoms with Crippen LogP contribution < -0.4 is 19.9 Å². The lowest BCUT2D eigenvalue weighted by molar-refractivity contribution is -0.714. The first-order chi connectivity index (χ1) is 16.2. The molecule has 0 unspecified atom stereocenters. The molecule has 3 aromatic rings. The highest BCUT2D eigenvalue weighted by Gasteiger charge is 2.26. The molecule has 0 saturated heterocycles. The Hall–Kier alpha value is -3.16. The van der Waals surface area contributed by atoms with E-state index in [0.717, 1.165) is 24.2 Å². The molecule has 8 nitrogen and oxygen atoms in total. The molecule has 1 aliphatic carbocycles. The van der Waals surface area contributed by atoms with Gasteiger partial charge in [0.1, 0.15) is 11.9 Å². The number of carbonyl (C=O) groups is 1. The lowest BCUT2D eigenvalue weighted by atomic mass is 9.85. The number of hydrogen-bond donors (Lipinski definition) is 1. The monoisotopic (exact) mass is 466 g/mol. The maximum absolute atomic E-state index is 13.3. The van der Waals surface area contributed by atoms with Crippen LogP contribution in [-0.2, 0) is 12.0 Å². The fourth-order valence-electron chi connectivity index (χ4n) is 3.79. The Bertz CT molecular complexity index is 1170. The summed E-state index contributed by atoms with van der Waals surface area (Å²) in [6.45, 7) is 11.3. The molecule has 2 heterocycles. The van der Waals surface area contributed by atoms with Gasteiger partial charge in [-0.3, -0.25) is 4.79 Å². The number of anilines is 1. The topological polar surface area (TPSA) is 95.6 Å². The normalized spacial score (nSPS) is 14.1. The summed E-state index contributed by atoms with van der Waals surface area (Å²) in [5.41, 5.74) is 8.30. The van der Waals surface area contributed by atoms with E-state index in [1.807, 2.05) is 24.3 Å². The van der Waals surface area contributed by atoms with Crippen molar-refractivity contribution in [1.82, 2.24) is 14.7 Å². The highest BCUT2D eigenvalue weighted by atomic mass is 16.5. The second-order valence-corrected chi connectivity index (χ2v) is 10.2. The molecule has 4 rings (SSSR count). The fourth-order valence-corrected chi connectivity index (χ4v) is 3.79. The molecule has 8 heteroatoms. The van der Waals surface area contributed by atoms with E-state index in [9.17, 15) is 4.79 Å². The third-order valence-electron chi connectivity index (χ3n) is 6.26. The number of rotatable bonds is 10. The predicted octanol–water partition coefficient (Wildman–Crippen LogP) is 4.14. The molecule has 1 aromatic carbocycles. The Morgan fingerprint density at radius 2 is 1.94 bits per heavy atom. The lowest BCUT2D eigenvalue weighted by Crippen LogP contribution is -2.40. The summed E-state index contributed by atoms with van der Waals surface area (Å²) >= 11 is 0. The van der Waals surface area contributed by atoms with Gasteiger partial charge in [0.25, 0.3) is 5.88 Å². The molecule has 2 aromatic heterocycles. The highest BCUT2D eigenvalue weighted by Crippen LogP contribution is 2.32. The molecule has 0 bridgehead atoms. The zero-order chi connectivity index (χ0) is 24.5. The average molecular weight is 467 g/mol. The van der Waals surface area contributed by atoms with E-state index in [1.54, 1.807) is 10.7 Å². The van der Waals surface area contributed by atoms with Crippen LogP contribution in [0.1, 0.15) is 76.2 Å². The van der Waals surface area contributed by atoms with Gasteiger partial charge in [0.2, 0.25) is 5.78 Å². The van der Waals surface area contributed by atoms with Crippen LogP contribution >= 0.6 is 0 Å². The minimum Gasteiger partial charge on any atom is -0.493 e. The second kappa shape index (κ2) is 9.60. The van der Waals surface area contributed by atoms with E-state index < -0.39 is 0 Å². The number of nitrogen functional groups attached to an aromatic ring is 1. The van der Waals surface area contributed by atoms with Crippen molar-refractivity contribution in [2.75, 3.05) is 12.3 Å². The van der Waals surface area contributed by atoms with Crippen LogP contribution in [0.3, 0.4) is 0 Å². The zero-order valence-electron chi connectivity index (χ0n) is 20.9. The average Bonchev–Trinajstić information content (AvgIpc) is 3.59. The summed E-state index contributed by atoms with van der Waals surface area (Å²) in [6, 6.07) is 9.45. The molecular formula is C26H36N5O3+. The smallest absolute Gasteiger partial charge is 0.355 e. The Labute approximate surface area is 201 Å². The molecule has 1 aliphatic rings. The van der Waals surface area contributed by atoms with Gasteiger partial charge in [0, 0.05) is 17.7 Å². The summed E-state index contributed by atoms with van der Waals surface area (Å²) in [5, 5.41) is 8.84. The lowest BCUT2D eigenvalue weighted by Gasteiger charge is -2.21. The van der Waals surface area contributed by atoms with Gasteiger partial charge in [-0.1, -0.05) is 39.1 Å². The van der Waals surface area contributed by atoms with Crippen molar-refractivity contribution in [3.8, 4) is 11.6 Å². The van der Waals surface area contributed by atoms with Gasteiger partial charge >= 0.3 is 11.6 Å². The SMILES string of the molecule is CCC(CC)Oc1ccc2n(n1)c(N)n[n+]2CC(=O)c1cc(OCC2CC2)cc(C(C)(C)C)c1. The van der Waals surface area contributed by atoms with Crippen LogP contribution in [0, 0.1) is 5.92 Å². The zero-order valence-corrected chi connectivity index (χ0v) is 20.9. The maximum atomic E-state index is 13.3. The summed E-state index contributed by atoms with van der Waals surface area (Å²) in [5.74, 6) is 2.00. The first-order valence-corrected chi connectivity index (χ1v) is 12.2. The van der Waals surface area contributed by atoms with E-state index >= 15 is 0 Å². The van der Waals surface area contributed by atoms with Gasteiger partial charge < -0.3 is 15.2 Å². The molecule has 0 spiro atoms. The van der Waals surface area contributed by atoms with Gasteiger partial charge in [-0.25, -0.2) is 0 Å². The molecule has 0 aliphatic heterocycles. The van der Waals surface area contributed by atoms with Gasteiger partial charge in [-0.15, -0.1) is 4.68 Å². The number of nitrogens with two attached hydrogens (primary N) is 1. The van der Waals surface area contributed by atoms with Gasteiger partial charge in [0.15, 0.2) is 6.54 Å². The standard InChI is InChI=1S/C26H36N5O3/c1-6-20(7-2)34-23-10-11-24-30(29-25(27)31(24)28-23)15-22(32)18-12-19(26(3,4)5)14-21(13-18)33-16-17-8-9-17/h10-14,17,20H,6-9,15-16H2,1-5H3,(H2,27,29)/q+1.